The lowest BCUT2D eigenvalue weighted by Gasteiger charge is -2.44. The largest absolute Gasteiger partial charge is 0.478 e. The second kappa shape index (κ2) is 56.2. The second-order valence-corrected chi connectivity index (χ2v) is 34.9. The normalized spacial score (nSPS) is 29.2. The van der Waals surface area contributed by atoms with Crippen molar-refractivity contribution in [2.24, 2.45) is 34.7 Å². The Labute approximate surface area is 814 Å². The molecule has 0 saturated carbocycles. The van der Waals surface area contributed by atoms with Crippen LogP contribution in [-0.2, 0) is 61.9 Å². The number of azide groups is 1. The molecule has 5 fully saturated rings. The van der Waals surface area contributed by atoms with Crippen molar-refractivity contribution in [3.8, 4) is 33.4 Å². The molecule has 5 heterocycles. The number of aliphatic hydroxyl groups is 21. The van der Waals surface area contributed by atoms with E-state index in [0.717, 1.165) is 54.7 Å². The number of hydrogen-bond acceptors (Lipinski definition) is 38. The fourth-order valence-electron chi connectivity index (χ4n) is 15.2. The summed E-state index contributed by atoms with van der Waals surface area (Å²) in [5, 5.41) is 244. The van der Waals surface area contributed by atoms with E-state index in [0.29, 0.717) is 16.7 Å². The lowest BCUT2D eigenvalue weighted by atomic mass is 9.84. The van der Waals surface area contributed by atoms with Crippen molar-refractivity contribution >= 4 is 63.7 Å². The summed E-state index contributed by atoms with van der Waals surface area (Å²) in [7, 11) is 5.63. The number of aliphatic hydroxyl groups excluding tert-OH is 16. The zero-order valence-electron chi connectivity index (χ0n) is 78.9. The summed E-state index contributed by atoms with van der Waals surface area (Å²) in [6.45, 7) is 11.4. The minimum atomic E-state index is -2.68. The number of nitrogens with one attached hydrogen (secondary N) is 2. The van der Waals surface area contributed by atoms with Crippen molar-refractivity contribution in [2.75, 3.05) is 47.6 Å². The number of hydrogen-bond donors (Lipinski definition) is 26. The van der Waals surface area contributed by atoms with Crippen LogP contribution in [0.3, 0.4) is 0 Å². The summed E-state index contributed by atoms with van der Waals surface area (Å²) < 4.78 is 39.0. The first kappa shape index (κ1) is 121. The Hall–Kier alpha value is -10.2. The molecule has 5 aliphatic rings. The van der Waals surface area contributed by atoms with Crippen LogP contribution in [0.5, 0.6) is 0 Å². The van der Waals surface area contributed by atoms with Gasteiger partial charge < -0.3 is 171 Å². The summed E-state index contributed by atoms with van der Waals surface area (Å²) in [5.74, 6) is -24.4. The maximum Gasteiger partial charge on any atom is 0.366 e. The number of aliphatic carboxylic acids is 2. The lowest BCUT2D eigenvalue weighted by Crippen LogP contribution is -2.60. The SMILES string of the molecule is CCC(O)C(O)C1O[C@@](O)(C(=O)OC)C[C@@H](O)[C@H]1C.COC(=O)[C@@]1(O)C[C@@H](O)[C@@H](C)C(C(O)C(O)CN=[N+]=[N-])O1.COC(=O)[C@@]1(O)C[C@@H](O)[C@@H](C)C(C(O)C(O)CNC(=O)c2ccc(-c3ccccc3)cc2)O1.C[B]P.C[C@H]1C(C(O)C(O)CNC(=O)c2ccc(-c3ccccc3)cc2)O[C@@](O)(C(=O)O)C[C@H]1O.C[C@H]1C(C(O)C(O)CO)O[C@@](O)(C(=O)O)C[C@H]1O.O=C(O)c1ccc(-c2ccccc2)cc1. The molecule has 141 heavy (non-hydrogen) atoms. The van der Waals surface area contributed by atoms with Gasteiger partial charge in [-0.25, -0.2) is 28.8 Å². The number of rotatable bonds is 29. The Kier molecular flexibility index (Phi) is 48.4. The first-order valence-electron chi connectivity index (χ1n) is 44.5. The first-order valence-corrected chi connectivity index (χ1v) is 45.2. The first-order chi connectivity index (χ1) is 66.2. The molecule has 1 radical (unpaired) electrons. The van der Waals surface area contributed by atoms with Crippen molar-refractivity contribution < 1.29 is 199 Å². The van der Waals surface area contributed by atoms with Gasteiger partial charge >= 0.3 is 35.8 Å². The van der Waals surface area contributed by atoms with Gasteiger partial charge in [0.1, 0.15) is 43.6 Å². The summed E-state index contributed by atoms with van der Waals surface area (Å²) in [4.78, 5) is 95.0. The lowest BCUT2D eigenvalue weighted by molar-refractivity contribution is -0.302. The molecule has 11 rings (SSSR count). The van der Waals surface area contributed by atoms with Crippen LogP contribution >= 0.6 is 9.12 Å². The number of esters is 3. The monoisotopic (exact) mass is 2010 g/mol. The fourth-order valence-corrected chi connectivity index (χ4v) is 15.2. The zero-order valence-corrected chi connectivity index (χ0v) is 80.0. The number of amides is 2. The molecule has 5 saturated heterocycles. The minimum absolute atomic E-state index is 0.278. The van der Waals surface area contributed by atoms with Crippen molar-refractivity contribution in [1.29, 1.82) is 0 Å². The van der Waals surface area contributed by atoms with Gasteiger partial charge in [0.25, 0.3) is 40.7 Å². The molecule has 0 aliphatic carbocycles. The molecule has 779 valence electrons. The van der Waals surface area contributed by atoms with Crippen LogP contribution in [0.4, 0.5) is 0 Å². The van der Waals surface area contributed by atoms with E-state index in [4.69, 9.17) is 49.6 Å². The number of carboxylic acids is 3. The van der Waals surface area contributed by atoms with Gasteiger partial charge in [-0.2, -0.15) is 9.12 Å². The molecule has 31 atom stereocenters. The van der Waals surface area contributed by atoms with Gasteiger partial charge in [0.15, 0.2) is 0 Å². The van der Waals surface area contributed by atoms with Crippen molar-refractivity contribution in [3.05, 3.63) is 191 Å². The molecular formula is C94H130BN5O40P. The predicted molar refractivity (Wildman–Crippen MR) is 499 cm³/mol. The Balaban J connectivity index is 0.000000303. The average Bonchev–Trinajstić information content (AvgIpc) is 0.806. The Bertz CT molecular complexity index is 4940. The van der Waals surface area contributed by atoms with E-state index >= 15 is 0 Å². The van der Waals surface area contributed by atoms with Gasteiger partial charge in [-0.15, -0.1) is 0 Å². The molecule has 16 unspecified atom stereocenters. The molecule has 6 aromatic rings. The molecule has 0 aromatic heterocycles. The highest BCUT2D eigenvalue weighted by molar-refractivity contribution is 7.55. The summed E-state index contributed by atoms with van der Waals surface area (Å²) in [5.41, 5.74) is 15.2. The number of carbonyl (C=O) groups is 8. The Morgan fingerprint density at radius 2 is 0.624 bits per heavy atom. The number of ether oxygens (including phenoxy) is 8. The summed E-state index contributed by atoms with van der Waals surface area (Å²) >= 11 is 0. The molecular weight excluding hydrogens is 1880 g/mol. The van der Waals surface area contributed by atoms with E-state index in [1.54, 1.807) is 69.3 Å². The van der Waals surface area contributed by atoms with Gasteiger partial charge in [-0.3, -0.25) is 9.59 Å². The van der Waals surface area contributed by atoms with Crippen molar-refractivity contribution in [2.45, 2.75) is 238 Å². The predicted octanol–water partition coefficient (Wildman–Crippen LogP) is -0.911. The van der Waals surface area contributed by atoms with E-state index in [1.807, 2.05) is 129 Å². The van der Waals surface area contributed by atoms with Crippen LogP contribution in [0.15, 0.2) is 169 Å². The molecule has 45 nitrogen and oxygen atoms in total. The van der Waals surface area contributed by atoms with Gasteiger partial charge in [0, 0.05) is 90.8 Å². The van der Waals surface area contributed by atoms with Crippen molar-refractivity contribution in [1.82, 2.24) is 10.6 Å². The van der Waals surface area contributed by atoms with Gasteiger partial charge in [0.05, 0.1) is 126 Å². The maximum atomic E-state index is 12.5. The third-order valence-corrected chi connectivity index (χ3v) is 24.2. The van der Waals surface area contributed by atoms with Gasteiger partial charge in [0.2, 0.25) is 0 Å². The highest BCUT2D eigenvalue weighted by Gasteiger charge is 2.58. The molecule has 5 aliphatic heterocycles. The van der Waals surface area contributed by atoms with Crippen LogP contribution in [-0.4, -0.2) is 376 Å². The van der Waals surface area contributed by atoms with Crippen LogP contribution in [0.2, 0.25) is 6.82 Å². The standard InChI is InChI=1S/C24H29NO8.C23H27NO8.C13H10O2.C12H22O7.C11H19N3O7.C10H18O8.CH5BP/c1-14-18(26)12-24(31,23(30)32-2)33-21(14)20(28)19(27)13-25-22(29)17-10-8-16(9-11-17)15-6-4-3-5-7-15;1-13-17(25)11-23(31,22(29)30)32-20(13)19(27)18(26)12-24-21(28)16-9-7-15(8-10-16)14-5-3-2-4-6-14;14-13(15)12-8-6-11(7-9-12)10-4-2-1-3-5-10;1-4-7(13)9(15)10-6(2)8(14)5-12(17,19-10)11(16)18-3;1-5-6(15)3-11(19,10(18)20-2)21-9(5)8(17)7(16)4-13-14-12;1-4-5(12)2-10(17,9(15)16)18-8(4)7(14)6(13)3-11;1-2-3/h3-11,14,18-21,26-28,31H,12-13H2,1-2H3,(H,25,29);2-10,13,17-20,25-27,31H,11-12H2,1H3,(H,24,28)(H,29,30);1-9H,(H,14,15);6-10,13-15,17H,4-5H2,1-3H3;5-9,15-17,19H,3-4H2,1-2H3;4-8,11-14,17H,2-3H2,1H3,(H,15,16);3H2,1H3/t14-,18-,19?,20?,21?,24-;13-,17-,18?,19?,20?,23-;;6-,7?,8-,9?,10?,12-;5-,6-,7?,8?,9?,11-;4-,5-,6?,7?,8?,10-;/m11.111./s1. The van der Waals surface area contributed by atoms with Crippen LogP contribution in [0, 0.1) is 29.6 Å². The third kappa shape index (κ3) is 33.5. The number of carbonyl (C=O) groups excluding carboxylic acids is 5. The number of nitrogens with zero attached hydrogens (tertiary/aromatic N) is 3. The van der Waals surface area contributed by atoms with Gasteiger partial charge in [-0.05, 0) is 81.7 Å². The highest BCUT2D eigenvalue weighted by atomic mass is 31.0. The second-order valence-electron chi connectivity index (χ2n) is 34.3. The van der Waals surface area contributed by atoms with Crippen LogP contribution in [0.25, 0.3) is 43.8 Å². The summed E-state index contributed by atoms with van der Waals surface area (Å²) in [6.07, 6.45) is -29.1. The smallest absolute Gasteiger partial charge is 0.366 e. The molecule has 26 N–H and O–H groups in total. The number of aromatic carboxylic acids is 1. The average molecular weight is 2010 g/mol. The zero-order chi connectivity index (χ0) is 106. The number of carboxylic acid groups (broad SMARTS) is 3. The number of benzene rings is 6. The maximum absolute atomic E-state index is 12.5. The molecule has 0 spiro atoms. The van der Waals surface area contributed by atoms with E-state index in [2.05, 4.69) is 44.0 Å². The third-order valence-electron chi connectivity index (χ3n) is 24.2. The van der Waals surface area contributed by atoms with E-state index in [9.17, 15) is 140 Å². The number of methoxy groups -OCH3 is 3. The Morgan fingerprint density at radius 1 is 0.397 bits per heavy atom. The van der Waals surface area contributed by atoms with Gasteiger partial charge in [-0.1, -0.05) is 181 Å². The highest BCUT2D eigenvalue weighted by Crippen LogP contribution is 2.41. The topological polar surface area (TPSA) is 769 Å². The van der Waals surface area contributed by atoms with Crippen LogP contribution < -0.4 is 10.6 Å². The molecule has 2 amide bonds. The fraction of sp³-hybridized carbons (Fsp3) is 0.532. The van der Waals surface area contributed by atoms with Crippen LogP contribution in [0.1, 0.15) is 111 Å². The minimum Gasteiger partial charge on any atom is -0.478 e. The van der Waals surface area contributed by atoms with E-state index in [-0.39, 0.29) is 25.9 Å². The quantitative estimate of drug-likeness (QED) is 0.00514. The molecule has 6 aromatic carbocycles. The molecule has 47 heteroatoms. The molecule has 0 bridgehead atoms. The Morgan fingerprint density at radius 3 is 0.858 bits per heavy atom. The summed E-state index contributed by atoms with van der Waals surface area (Å²) in [6, 6.07) is 49.8. The van der Waals surface area contributed by atoms with E-state index in [1.165, 1.54) is 20.8 Å². The van der Waals surface area contributed by atoms with E-state index < -0.39 is 267 Å². The van der Waals surface area contributed by atoms with Crippen molar-refractivity contribution in [3.63, 3.8) is 0 Å².